The number of carbonyl (C=O) groups excluding carboxylic acids is 2. The highest BCUT2D eigenvalue weighted by atomic mass is 16.2. The highest BCUT2D eigenvalue weighted by Crippen LogP contribution is 2.18. The summed E-state index contributed by atoms with van der Waals surface area (Å²) in [5.41, 5.74) is 2.06. The highest BCUT2D eigenvalue weighted by molar-refractivity contribution is 5.82. The fourth-order valence-corrected chi connectivity index (χ4v) is 2.74. The van der Waals surface area contributed by atoms with E-state index in [0.29, 0.717) is 13.0 Å². The number of nitrogens with one attached hydrogen (secondary N) is 1. The van der Waals surface area contributed by atoms with E-state index in [-0.39, 0.29) is 11.8 Å². The molecule has 0 spiro atoms. The van der Waals surface area contributed by atoms with E-state index in [4.69, 9.17) is 0 Å². The second kappa shape index (κ2) is 7.69. The van der Waals surface area contributed by atoms with Crippen molar-refractivity contribution in [2.45, 2.75) is 34.1 Å². The number of hydrogen-bond donors (Lipinski definition) is 1. The summed E-state index contributed by atoms with van der Waals surface area (Å²) in [7, 11) is 0. The van der Waals surface area contributed by atoms with Gasteiger partial charge in [0.2, 0.25) is 11.8 Å². The molecule has 1 aliphatic heterocycles. The molecule has 1 fully saturated rings. The first-order chi connectivity index (χ1) is 11.3. The van der Waals surface area contributed by atoms with Crippen molar-refractivity contribution in [1.29, 1.82) is 0 Å². The quantitative estimate of drug-likeness (QED) is 0.920. The Labute approximate surface area is 145 Å². The van der Waals surface area contributed by atoms with Gasteiger partial charge in [-0.25, -0.2) is 0 Å². The molecule has 0 aliphatic carbocycles. The summed E-state index contributed by atoms with van der Waals surface area (Å²) in [6.07, 6.45) is 0.367. The van der Waals surface area contributed by atoms with Gasteiger partial charge in [0.05, 0.1) is 0 Å². The number of hydrogen-bond acceptors (Lipinski definition) is 3. The number of amides is 2. The average Bonchev–Trinajstić information content (AvgIpc) is 2.54. The normalized spacial score (nSPS) is 15.3. The third-order valence-corrected chi connectivity index (χ3v) is 4.30. The number of aryl methyl sites for hydroxylation is 1. The molecule has 0 unspecified atom stereocenters. The van der Waals surface area contributed by atoms with E-state index in [1.165, 1.54) is 11.3 Å². The smallest absolute Gasteiger partial charge is 0.225 e. The minimum atomic E-state index is -0.414. The van der Waals surface area contributed by atoms with Gasteiger partial charge in [-0.05, 0) is 24.6 Å². The molecule has 5 nitrogen and oxygen atoms in total. The van der Waals surface area contributed by atoms with Gasteiger partial charge in [-0.3, -0.25) is 9.59 Å². The monoisotopic (exact) mass is 331 g/mol. The SMILES string of the molecule is Cc1cccc(N2CCN(C(=O)CCNC(=O)C(C)(C)C)CC2)c1. The van der Waals surface area contributed by atoms with Crippen LogP contribution in [0.1, 0.15) is 32.8 Å². The molecule has 0 aromatic heterocycles. The molecule has 2 rings (SSSR count). The van der Waals surface area contributed by atoms with Crippen molar-refractivity contribution in [2.24, 2.45) is 5.41 Å². The molecule has 1 aromatic rings. The van der Waals surface area contributed by atoms with Crippen LogP contribution in [0, 0.1) is 12.3 Å². The van der Waals surface area contributed by atoms with Gasteiger partial charge < -0.3 is 15.1 Å². The topological polar surface area (TPSA) is 52.6 Å². The zero-order chi connectivity index (χ0) is 17.7. The fraction of sp³-hybridized carbons (Fsp3) is 0.579. The first kappa shape index (κ1) is 18.3. The van der Waals surface area contributed by atoms with Crippen LogP contribution in [0.2, 0.25) is 0 Å². The summed E-state index contributed by atoms with van der Waals surface area (Å²) < 4.78 is 0. The van der Waals surface area contributed by atoms with Crippen molar-refractivity contribution < 1.29 is 9.59 Å². The molecule has 0 atom stereocenters. The van der Waals surface area contributed by atoms with E-state index in [9.17, 15) is 9.59 Å². The maximum atomic E-state index is 12.3. The van der Waals surface area contributed by atoms with Crippen LogP contribution in [0.5, 0.6) is 0 Å². The Hall–Kier alpha value is -2.04. The minimum Gasteiger partial charge on any atom is -0.368 e. The molecule has 2 amide bonds. The van der Waals surface area contributed by atoms with E-state index < -0.39 is 5.41 Å². The van der Waals surface area contributed by atoms with Gasteiger partial charge in [0.15, 0.2) is 0 Å². The number of carbonyl (C=O) groups is 2. The Kier molecular flexibility index (Phi) is 5.86. The first-order valence-electron chi connectivity index (χ1n) is 8.65. The van der Waals surface area contributed by atoms with Crippen LogP contribution < -0.4 is 10.2 Å². The molecule has 1 heterocycles. The van der Waals surface area contributed by atoms with Gasteiger partial charge in [0, 0.05) is 50.2 Å². The predicted octanol–water partition coefficient (Wildman–Crippen LogP) is 2.20. The van der Waals surface area contributed by atoms with Crippen LogP contribution >= 0.6 is 0 Å². The van der Waals surface area contributed by atoms with Crippen molar-refractivity contribution >= 4 is 17.5 Å². The Morgan fingerprint density at radius 1 is 1.12 bits per heavy atom. The number of anilines is 1. The van der Waals surface area contributed by atoms with Crippen molar-refractivity contribution in [3.63, 3.8) is 0 Å². The minimum absolute atomic E-state index is 0.0143. The maximum Gasteiger partial charge on any atom is 0.225 e. The number of benzene rings is 1. The Morgan fingerprint density at radius 3 is 2.38 bits per heavy atom. The zero-order valence-corrected chi connectivity index (χ0v) is 15.3. The highest BCUT2D eigenvalue weighted by Gasteiger charge is 2.23. The van der Waals surface area contributed by atoms with Gasteiger partial charge in [0.1, 0.15) is 0 Å². The van der Waals surface area contributed by atoms with E-state index in [1.807, 2.05) is 25.7 Å². The van der Waals surface area contributed by atoms with Gasteiger partial charge in [-0.2, -0.15) is 0 Å². The van der Waals surface area contributed by atoms with Crippen LogP contribution in [-0.4, -0.2) is 49.4 Å². The van der Waals surface area contributed by atoms with E-state index in [2.05, 4.69) is 41.4 Å². The molecule has 1 aromatic carbocycles. The summed E-state index contributed by atoms with van der Waals surface area (Å²) in [4.78, 5) is 28.3. The van der Waals surface area contributed by atoms with Crippen LogP contribution in [-0.2, 0) is 9.59 Å². The summed E-state index contributed by atoms with van der Waals surface area (Å²) >= 11 is 0. The molecule has 1 aliphatic rings. The molecule has 24 heavy (non-hydrogen) atoms. The second-order valence-corrected chi connectivity index (χ2v) is 7.46. The molecule has 132 valence electrons. The summed E-state index contributed by atoms with van der Waals surface area (Å²) in [6.45, 7) is 11.3. The summed E-state index contributed by atoms with van der Waals surface area (Å²) in [5, 5.41) is 2.84. The van der Waals surface area contributed by atoms with Gasteiger partial charge in [0.25, 0.3) is 0 Å². The van der Waals surface area contributed by atoms with E-state index in [1.54, 1.807) is 0 Å². The largest absolute Gasteiger partial charge is 0.368 e. The lowest BCUT2D eigenvalue weighted by atomic mass is 9.96. The second-order valence-electron chi connectivity index (χ2n) is 7.46. The molecule has 0 radical (unpaired) electrons. The molecule has 5 heteroatoms. The first-order valence-corrected chi connectivity index (χ1v) is 8.65. The van der Waals surface area contributed by atoms with Crippen molar-refractivity contribution in [3.8, 4) is 0 Å². The van der Waals surface area contributed by atoms with Crippen molar-refractivity contribution in [2.75, 3.05) is 37.6 Å². The lowest BCUT2D eigenvalue weighted by Gasteiger charge is -2.36. The van der Waals surface area contributed by atoms with Gasteiger partial charge in [-0.1, -0.05) is 32.9 Å². The Morgan fingerprint density at radius 2 is 1.79 bits per heavy atom. The molecular formula is C19H29N3O2. The lowest BCUT2D eigenvalue weighted by molar-refractivity contribution is -0.132. The van der Waals surface area contributed by atoms with E-state index >= 15 is 0 Å². The Bertz CT molecular complexity index is 585. The molecule has 0 saturated carbocycles. The van der Waals surface area contributed by atoms with Crippen LogP contribution in [0.15, 0.2) is 24.3 Å². The van der Waals surface area contributed by atoms with Gasteiger partial charge in [-0.15, -0.1) is 0 Å². The Balaban J connectivity index is 1.76. The predicted molar refractivity (Wildman–Crippen MR) is 97.1 cm³/mol. The standard InChI is InChI=1S/C19H29N3O2/c1-15-6-5-7-16(14-15)21-10-12-22(13-11-21)17(23)8-9-20-18(24)19(2,3)4/h5-7,14H,8-13H2,1-4H3,(H,20,24). The zero-order valence-electron chi connectivity index (χ0n) is 15.3. The molecule has 1 saturated heterocycles. The van der Waals surface area contributed by atoms with Crippen LogP contribution in [0.4, 0.5) is 5.69 Å². The number of nitrogens with zero attached hydrogens (tertiary/aromatic N) is 2. The molecule has 1 N–H and O–H groups in total. The van der Waals surface area contributed by atoms with Crippen LogP contribution in [0.25, 0.3) is 0 Å². The lowest BCUT2D eigenvalue weighted by Crippen LogP contribution is -2.49. The van der Waals surface area contributed by atoms with E-state index in [0.717, 1.165) is 26.2 Å². The molecular weight excluding hydrogens is 302 g/mol. The van der Waals surface area contributed by atoms with Crippen LogP contribution in [0.3, 0.4) is 0 Å². The third-order valence-electron chi connectivity index (χ3n) is 4.30. The third kappa shape index (κ3) is 4.98. The summed E-state index contributed by atoms with van der Waals surface area (Å²) in [5.74, 6) is 0.104. The summed E-state index contributed by atoms with van der Waals surface area (Å²) in [6, 6.07) is 8.46. The maximum absolute atomic E-state index is 12.3. The fourth-order valence-electron chi connectivity index (χ4n) is 2.74. The molecule has 0 bridgehead atoms. The average molecular weight is 331 g/mol. The number of rotatable bonds is 4. The van der Waals surface area contributed by atoms with Crippen molar-refractivity contribution in [1.82, 2.24) is 10.2 Å². The van der Waals surface area contributed by atoms with Gasteiger partial charge >= 0.3 is 0 Å². The van der Waals surface area contributed by atoms with Crippen molar-refractivity contribution in [3.05, 3.63) is 29.8 Å². The number of piperazine rings is 1.